The predicted octanol–water partition coefficient (Wildman–Crippen LogP) is -4.38. The number of hydrogen-bond donors (Lipinski definition) is 23. The van der Waals surface area contributed by atoms with Crippen LogP contribution in [-0.2, 0) is 47.5 Å². The highest BCUT2D eigenvalue weighted by atomic mass is 16.7. The van der Waals surface area contributed by atoms with Crippen LogP contribution in [0.4, 0.5) is 5.69 Å². The molecule has 0 unspecified atom stereocenters. The van der Waals surface area contributed by atoms with E-state index in [1.54, 1.807) is 44.9 Å². The first-order chi connectivity index (χ1) is 53.4. The number of benzene rings is 2. The summed E-state index contributed by atoms with van der Waals surface area (Å²) in [6, 6.07) is -3.05. The Bertz CT molecular complexity index is 3510. The van der Waals surface area contributed by atoms with E-state index in [-0.39, 0.29) is 95.7 Å². The van der Waals surface area contributed by atoms with Crippen LogP contribution in [0.25, 0.3) is 10.8 Å². The minimum absolute atomic E-state index is 0.0101. The van der Waals surface area contributed by atoms with Crippen molar-refractivity contribution in [1.29, 1.82) is 0 Å². The standard InChI is InChI=1S/C43H58N4O12.C22H43N5O13.C10H24N2O2/c1-21-12-11-13-22(2)42(55)45-33-28(20-44-47-17-15-46(9)16-18-47)37(52)30-31(38(33)53)36(51)26(6)40-32(30)41(54)43(8,59-40)57-19-14-29(56-10)23(3)39(58-27(7)48)25(5)35(50)24(4)34(21)49;23-2-1-8(29)20(36)27-7-3-6(25)18(39-22-16(34)15(33)13(31)9(4-24)37-22)17(35)19(7)40-21-14(32)11(26)12(30)10(5-28)38-21;1-3-9(7-13)11-5-6-12-10(4-2)8-14/h11-14,19-21,23-25,29,34-35,39,49-53H,15-18H2,1-10H3,(H,45,55);6-19,21-22,28-35H,1-5,23-26H2,(H,27,36);9-14H,3-8H2,1-2H3/b12-11+,19-14+,22-13-,44-20-;;/t21-,23+,24+,25+,29-,34-,35+,39+,43-;6-,7+,8-,9+,10+,11-,12+,13+,14+,15-,16+,17-,18+,19-,21+,22+;9-,10-/m000/s1. The molecule has 6 aliphatic heterocycles. The number of ether oxygens (including phenoxy) is 8. The zero-order chi connectivity index (χ0) is 84.4. The Hall–Kier alpha value is -6.49. The summed E-state index contributed by atoms with van der Waals surface area (Å²) in [7, 11) is 3.42. The Morgan fingerprint density at radius 2 is 1.35 bits per heavy atom. The van der Waals surface area contributed by atoms with Gasteiger partial charge in [-0.05, 0) is 59.2 Å². The van der Waals surface area contributed by atoms with Gasteiger partial charge in [-0.3, -0.25) is 24.2 Å². The number of nitrogens with zero attached hydrogens (tertiary/aromatic N) is 3. The number of hydrogen-bond acceptors (Lipinski definition) is 36. The lowest BCUT2D eigenvalue weighted by Crippen LogP contribution is -2.69. The average Bonchev–Trinajstić information content (AvgIpc) is 1.63. The first-order valence-corrected chi connectivity index (χ1v) is 38.3. The number of fused-ring (bicyclic) bond motifs is 14. The molecule has 27 atom stereocenters. The number of aliphatic hydroxyl groups is 12. The summed E-state index contributed by atoms with van der Waals surface area (Å²) in [6.45, 7) is 20.3. The Morgan fingerprint density at radius 1 is 0.752 bits per heavy atom. The predicted molar refractivity (Wildman–Crippen MR) is 410 cm³/mol. The number of nitrogens with one attached hydrogen (secondary N) is 4. The molecule has 27 N–H and O–H groups in total. The fourth-order valence-electron chi connectivity index (χ4n) is 14.2. The highest BCUT2D eigenvalue weighted by Gasteiger charge is 2.54. The lowest BCUT2D eigenvalue weighted by Gasteiger charge is -2.49. The van der Waals surface area contributed by atoms with Crippen LogP contribution in [-0.4, -0.2) is 343 Å². The number of phenolic OH excluding ortho intramolecular Hbond substituents is 3. The summed E-state index contributed by atoms with van der Waals surface area (Å²) in [5.74, 6) is -9.19. The van der Waals surface area contributed by atoms with E-state index >= 15 is 0 Å². The molecule has 6 heterocycles. The maximum Gasteiger partial charge on any atom is 0.312 e. The van der Waals surface area contributed by atoms with Crippen molar-refractivity contribution in [2.75, 3.05) is 91.7 Å². The van der Waals surface area contributed by atoms with Crippen LogP contribution in [0.2, 0.25) is 0 Å². The van der Waals surface area contributed by atoms with Gasteiger partial charge in [0.25, 0.3) is 11.7 Å². The number of aromatic hydroxyl groups is 3. The molecule has 113 heavy (non-hydrogen) atoms. The van der Waals surface area contributed by atoms with Gasteiger partial charge < -0.3 is 164 Å². The number of amides is 2. The number of phenols is 3. The fraction of sp³-hybridized carbons (Fsp3) is 0.720. The zero-order valence-electron chi connectivity index (χ0n) is 66.3. The summed E-state index contributed by atoms with van der Waals surface area (Å²) < 4.78 is 46.1. The number of methoxy groups -OCH3 is 1. The summed E-state index contributed by atoms with van der Waals surface area (Å²) in [5.41, 5.74) is 22.7. The molecular formula is C75H125N11O27. The molecular weight excluding hydrogens is 1490 g/mol. The fourth-order valence-corrected chi connectivity index (χ4v) is 14.2. The van der Waals surface area contributed by atoms with Crippen LogP contribution in [0.3, 0.4) is 0 Å². The maximum atomic E-state index is 14.4. The number of ketones is 1. The normalized spacial score (nSPS) is 35.3. The van der Waals surface area contributed by atoms with E-state index in [1.165, 1.54) is 59.4 Å². The molecule has 38 nitrogen and oxygen atoms in total. The van der Waals surface area contributed by atoms with Crippen molar-refractivity contribution < 1.29 is 134 Å². The lowest BCUT2D eigenvalue weighted by atomic mass is 9.78. The van der Waals surface area contributed by atoms with E-state index in [9.17, 15) is 85.6 Å². The third-order valence-corrected chi connectivity index (χ3v) is 21.8. The Morgan fingerprint density at radius 3 is 1.92 bits per heavy atom. The van der Waals surface area contributed by atoms with E-state index in [1.807, 2.05) is 20.9 Å². The van der Waals surface area contributed by atoms with E-state index in [0.717, 1.165) is 39.0 Å². The number of likely N-dealkylation sites (N-methyl/N-ethyl adjacent to an activating group) is 1. The quantitative estimate of drug-likeness (QED) is 0.0164. The first-order valence-electron chi connectivity index (χ1n) is 38.3. The van der Waals surface area contributed by atoms with Gasteiger partial charge in [0.1, 0.15) is 90.5 Å². The number of Topliss-reactive ketones (excluding diaryl/α,β-unsaturated/α-hetero) is 1. The van der Waals surface area contributed by atoms with Crippen LogP contribution in [0.1, 0.15) is 109 Å². The van der Waals surface area contributed by atoms with Crippen LogP contribution >= 0.6 is 0 Å². The molecule has 9 rings (SSSR count). The number of piperazine rings is 1. The molecule has 0 spiro atoms. The van der Waals surface area contributed by atoms with E-state index in [0.29, 0.717) is 13.1 Å². The topological polar surface area (TPSA) is 617 Å². The van der Waals surface area contributed by atoms with Gasteiger partial charge in [-0.15, -0.1) is 0 Å². The number of allylic oxidation sites excluding steroid dienone is 2. The monoisotopic (exact) mass is 1610 g/mol. The second-order valence-corrected chi connectivity index (χ2v) is 29.9. The van der Waals surface area contributed by atoms with E-state index in [2.05, 4.69) is 31.3 Å². The molecule has 2 amide bonds. The average molecular weight is 1610 g/mol. The molecule has 4 fully saturated rings. The molecule has 7 aliphatic rings. The minimum atomic E-state index is -2.04. The number of nitrogens with two attached hydrogens (primary N) is 4. The number of esters is 1. The van der Waals surface area contributed by atoms with Gasteiger partial charge in [0.2, 0.25) is 5.91 Å². The molecule has 38 heteroatoms. The van der Waals surface area contributed by atoms with Gasteiger partial charge in [-0.2, -0.15) is 5.10 Å². The molecule has 1 saturated carbocycles. The zero-order valence-corrected chi connectivity index (χ0v) is 66.3. The number of carbonyl (C=O) groups is 4. The molecule has 0 aromatic heterocycles. The van der Waals surface area contributed by atoms with Crippen LogP contribution in [0, 0.1) is 30.6 Å². The van der Waals surface area contributed by atoms with Crippen LogP contribution in [0.15, 0.2) is 41.2 Å². The Labute approximate surface area is 657 Å². The summed E-state index contributed by atoms with van der Waals surface area (Å²) in [4.78, 5) is 55.2. The van der Waals surface area contributed by atoms with Crippen molar-refractivity contribution in [3.63, 3.8) is 0 Å². The molecule has 2 aromatic carbocycles. The van der Waals surface area contributed by atoms with Crippen molar-refractivity contribution in [2.24, 2.45) is 51.7 Å². The first kappa shape index (κ1) is 95.4. The van der Waals surface area contributed by atoms with Crippen molar-refractivity contribution in [3.8, 4) is 23.0 Å². The van der Waals surface area contributed by atoms with Crippen molar-refractivity contribution in [3.05, 3.63) is 52.8 Å². The van der Waals surface area contributed by atoms with Gasteiger partial charge in [0.05, 0.1) is 84.9 Å². The van der Waals surface area contributed by atoms with E-state index in [4.69, 9.17) is 71.0 Å². The van der Waals surface area contributed by atoms with Crippen molar-refractivity contribution in [2.45, 2.75) is 235 Å². The second-order valence-electron chi connectivity index (χ2n) is 29.9. The van der Waals surface area contributed by atoms with Gasteiger partial charge in [0, 0.05) is 125 Å². The largest absolute Gasteiger partial charge is 0.507 e. The molecule has 642 valence electrons. The maximum absolute atomic E-state index is 14.4. The van der Waals surface area contributed by atoms with Gasteiger partial charge in [0.15, 0.2) is 18.3 Å². The molecule has 0 radical (unpaired) electrons. The molecule has 1 aliphatic carbocycles. The third-order valence-electron chi connectivity index (χ3n) is 21.8. The molecule has 5 bridgehead atoms. The van der Waals surface area contributed by atoms with Gasteiger partial charge >= 0.3 is 11.8 Å². The van der Waals surface area contributed by atoms with Crippen LogP contribution < -0.4 is 48.9 Å². The highest BCUT2D eigenvalue weighted by Crippen LogP contribution is 2.55. The van der Waals surface area contributed by atoms with E-state index < -0.39 is 199 Å². The number of hydrazone groups is 1. The summed E-state index contributed by atoms with van der Waals surface area (Å²) in [6.07, 6.45) is -13.1. The SMILES string of the molecule is CC[C@@H](CO)NCCN[C@@H](CC)CO.CO[C@H]1/C=C/O[C@@]2(C)Oc3c(C)c(O)c4c(O)c(c(/C=N\N5CCN(C)CC5)c(O)c4c3C2=O)NC(=O)/C(C)=C\C=C\[C@H](C)[C@H](O)[C@@H](C)[C@@H](O)[C@@H](C)[C@H](OC(C)=O)[C@@H]1C.NCC[C@H](O)C(=O)N[C@@H]1C[C@H](N)[C@@H](O[C@H]2O[C@H](CN)[C@@H](O)[C@H](O)[C@H]2O)[C@H](O)[C@H]1O[C@H]1O[C@H](CO)[C@@H](O)[C@H](N)[C@H]1O. The summed E-state index contributed by atoms with van der Waals surface area (Å²) in [5, 5.41) is 176. The second kappa shape index (κ2) is 43.6. The number of aliphatic hydroxyl groups excluding tert-OH is 12. The van der Waals surface area contributed by atoms with Gasteiger partial charge in [-0.1, -0.05) is 59.8 Å². The smallest absolute Gasteiger partial charge is 0.312 e. The van der Waals surface area contributed by atoms with Gasteiger partial charge in [-0.25, -0.2) is 0 Å². The summed E-state index contributed by atoms with van der Waals surface area (Å²) >= 11 is 0. The lowest BCUT2D eigenvalue weighted by molar-refractivity contribution is -0.332. The third kappa shape index (κ3) is 23.2. The Kier molecular flexibility index (Phi) is 36.8. The van der Waals surface area contributed by atoms with Crippen molar-refractivity contribution in [1.82, 2.24) is 25.9 Å². The van der Waals surface area contributed by atoms with Crippen LogP contribution in [0.5, 0.6) is 23.0 Å². The number of anilines is 1. The molecule has 3 saturated heterocycles. The Balaban J connectivity index is 0.000000316. The van der Waals surface area contributed by atoms with Crippen molar-refractivity contribution >= 4 is 46.2 Å². The highest BCUT2D eigenvalue weighted by molar-refractivity contribution is 6.24. The molecule has 2 aromatic rings. The minimum Gasteiger partial charge on any atom is -0.507 e. The number of carbonyl (C=O) groups excluding carboxylic acids is 4. The number of rotatable bonds is 23.